The van der Waals surface area contributed by atoms with E-state index in [0.29, 0.717) is 0 Å². The van der Waals surface area contributed by atoms with Gasteiger partial charge in [-0.1, -0.05) is 11.6 Å². The lowest BCUT2D eigenvalue weighted by molar-refractivity contribution is -0.139. The molecule has 114 valence electrons. The highest BCUT2D eigenvalue weighted by Crippen LogP contribution is 2.18. The second-order valence-electron chi connectivity index (χ2n) is 4.12. The van der Waals surface area contributed by atoms with E-state index in [0.717, 1.165) is 6.07 Å². The summed E-state index contributed by atoms with van der Waals surface area (Å²) in [5.41, 5.74) is 4.75. The molecule has 0 radical (unpaired) electrons. The van der Waals surface area contributed by atoms with Crippen molar-refractivity contribution in [3.63, 3.8) is 0 Å². The largest absolute Gasteiger partial charge is 0.480 e. The Kier molecular flexibility index (Phi) is 5.92. The van der Waals surface area contributed by atoms with E-state index in [1.54, 1.807) is 0 Å². The van der Waals surface area contributed by atoms with E-state index in [1.165, 1.54) is 12.1 Å². The molecule has 1 rings (SSSR count). The molecule has 0 aliphatic carbocycles. The number of halogens is 2. The molecule has 0 aliphatic rings. The summed E-state index contributed by atoms with van der Waals surface area (Å²) in [6, 6.07) is 1.36. The Balaban J connectivity index is 2.65. The Labute approximate surface area is 124 Å². The maximum atomic E-state index is 13.5. The van der Waals surface area contributed by atoms with Crippen molar-refractivity contribution in [2.24, 2.45) is 5.73 Å². The van der Waals surface area contributed by atoms with Crippen molar-refractivity contribution >= 4 is 35.2 Å². The molecular formula is C12H13ClFN3O4. The summed E-state index contributed by atoms with van der Waals surface area (Å²) in [6.07, 6.45) is -0.367. The molecule has 0 aromatic heterocycles. The normalized spacial score (nSPS) is 11.5. The van der Waals surface area contributed by atoms with Crippen LogP contribution in [-0.2, 0) is 9.59 Å². The van der Waals surface area contributed by atoms with Crippen LogP contribution in [0.25, 0.3) is 0 Å². The quantitative estimate of drug-likeness (QED) is 0.632. The lowest BCUT2D eigenvalue weighted by Gasteiger charge is -2.14. The summed E-state index contributed by atoms with van der Waals surface area (Å²) < 4.78 is 13.5. The monoisotopic (exact) mass is 317 g/mol. The van der Waals surface area contributed by atoms with Gasteiger partial charge in [0.1, 0.15) is 11.9 Å². The van der Waals surface area contributed by atoms with E-state index in [9.17, 15) is 18.8 Å². The number of benzene rings is 1. The molecule has 1 aromatic carbocycles. The second-order valence-corrected chi connectivity index (χ2v) is 4.55. The second kappa shape index (κ2) is 7.44. The van der Waals surface area contributed by atoms with E-state index in [2.05, 4.69) is 10.6 Å². The summed E-state index contributed by atoms with van der Waals surface area (Å²) in [6.45, 7) is 0. The third-order valence-corrected chi connectivity index (χ3v) is 2.70. The smallest absolute Gasteiger partial charge is 0.326 e. The van der Waals surface area contributed by atoms with Gasteiger partial charge >= 0.3 is 12.0 Å². The van der Waals surface area contributed by atoms with Crippen LogP contribution in [0.1, 0.15) is 12.8 Å². The maximum Gasteiger partial charge on any atom is 0.326 e. The number of carboxylic acid groups (broad SMARTS) is 1. The Morgan fingerprint density at radius 3 is 2.57 bits per heavy atom. The highest BCUT2D eigenvalue weighted by molar-refractivity contribution is 6.30. The first-order chi connectivity index (χ1) is 9.79. The Hall–Kier alpha value is -2.35. The van der Waals surface area contributed by atoms with Gasteiger partial charge in [0.2, 0.25) is 5.91 Å². The number of carbonyl (C=O) groups excluding carboxylic acids is 2. The number of hydrogen-bond acceptors (Lipinski definition) is 3. The van der Waals surface area contributed by atoms with Gasteiger partial charge in [-0.25, -0.2) is 14.0 Å². The number of rotatable bonds is 6. The standard InChI is InChI=1S/C12H13ClFN3O4/c13-6-1-2-8(7(14)5-6)16-12(21)17-9(11(19)20)3-4-10(15)18/h1-2,5,9H,3-4H2,(H2,15,18)(H,19,20)(H2,16,17,21)/t9-/m0/s1. The molecule has 0 heterocycles. The minimum atomic E-state index is -1.33. The number of amides is 3. The number of carboxylic acids is 1. The van der Waals surface area contributed by atoms with Crippen molar-refractivity contribution in [1.82, 2.24) is 5.32 Å². The summed E-state index contributed by atoms with van der Waals surface area (Å²) >= 11 is 5.56. The number of hydrogen-bond donors (Lipinski definition) is 4. The van der Waals surface area contributed by atoms with Gasteiger partial charge in [-0.05, 0) is 24.6 Å². The van der Waals surface area contributed by atoms with Gasteiger partial charge in [-0.3, -0.25) is 4.79 Å². The molecule has 1 aromatic rings. The van der Waals surface area contributed by atoms with Crippen LogP contribution in [0.15, 0.2) is 18.2 Å². The van der Waals surface area contributed by atoms with Crippen LogP contribution in [0.5, 0.6) is 0 Å². The number of nitrogens with two attached hydrogens (primary N) is 1. The average Bonchev–Trinajstić information content (AvgIpc) is 2.37. The first-order valence-corrected chi connectivity index (χ1v) is 6.21. The number of anilines is 1. The van der Waals surface area contributed by atoms with E-state index in [4.69, 9.17) is 22.4 Å². The van der Waals surface area contributed by atoms with Gasteiger partial charge < -0.3 is 21.5 Å². The van der Waals surface area contributed by atoms with Crippen LogP contribution in [0.2, 0.25) is 5.02 Å². The molecule has 3 amide bonds. The van der Waals surface area contributed by atoms with Crippen molar-refractivity contribution < 1.29 is 23.9 Å². The molecule has 0 saturated heterocycles. The maximum absolute atomic E-state index is 13.5. The van der Waals surface area contributed by atoms with Gasteiger partial charge in [0, 0.05) is 11.4 Å². The summed E-state index contributed by atoms with van der Waals surface area (Å²) in [5.74, 6) is -2.78. The van der Waals surface area contributed by atoms with Crippen LogP contribution >= 0.6 is 11.6 Å². The molecule has 0 aliphatic heterocycles. The molecule has 0 bridgehead atoms. The van der Waals surface area contributed by atoms with Crippen molar-refractivity contribution in [2.75, 3.05) is 5.32 Å². The van der Waals surface area contributed by atoms with Gasteiger partial charge in [0.05, 0.1) is 5.69 Å². The molecule has 0 spiro atoms. The van der Waals surface area contributed by atoms with Crippen molar-refractivity contribution in [3.8, 4) is 0 Å². The number of nitrogens with one attached hydrogen (secondary N) is 2. The molecule has 21 heavy (non-hydrogen) atoms. The lowest BCUT2D eigenvalue weighted by atomic mass is 10.1. The highest BCUT2D eigenvalue weighted by atomic mass is 35.5. The van der Waals surface area contributed by atoms with Crippen molar-refractivity contribution in [2.45, 2.75) is 18.9 Å². The summed E-state index contributed by atoms with van der Waals surface area (Å²) in [7, 11) is 0. The van der Waals surface area contributed by atoms with E-state index in [-0.39, 0.29) is 23.6 Å². The number of urea groups is 1. The Morgan fingerprint density at radius 1 is 1.38 bits per heavy atom. The molecule has 7 nitrogen and oxygen atoms in total. The molecule has 0 unspecified atom stereocenters. The van der Waals surface area contributed by atoms with Crippen molar-refractivity contribution in [1.29, 1.82) is 0 Å². The van der Waals surface area contributed by atoms with Gasteiger partial charge in [-0.2, -0.15) is 0 Å². The number of primary amides is 1. The fourth-order valence-electron chi connectivity index (χ4n) is 1.45. The fraction of sp³-hybridized carbons (Fsp3) is 0.250. The third kappa shape index (κ3) is 5.65. The predicted molar refractivity (Wildman–Crippen MR) is 73.4 cm³/mol. The molecule has 9 heteroatoms. The SMILES string of the molecule is NC(=O)CC[C@H](NC(=O)Nc1ccc(Cl)cc1F)C(=O)O. The van der Waals surface area contributed by atoms with E-state index in [1.807, 2.05) is 0 Å². The van der Waals surface area contributed by atoms with Crippen LogP contribution < -0.4 is 16.4 Å². The molecule has 0 saturated carbocycles. The zero-order valence-corrected chi connectivity index (χ0v) is 11.5. The first kappa shape index (κ1) is 16.7. The van der Waals surface area contributed by atoms with E-state index >= 15 is 0 Å². The van der Waals surface area contributed by atoms with E-state index < -0.39 is 29.8 Å². The Bertz CT molecular complexity index is 567. The number of aliphatic carboxylic acids is 1. The molecule has 1 atom stereocenters. The van der Waals surface area contributed by atoms with Crippen LogP contribution in [0, 0.1) is 5.82 Å². The average molecular weight is 318 g/mol. The number of carbonyl (C=O) groups is 3. The van der Waals surface area contributed by atoms with Gasteiger partial charge in [0.15, 0.2) is 0 Å². The first-order valence-electron chi connectivity index (χ1n) is 5.83. The summed E-state index contributed by atoms with van der Waals surface area (Å²) in [5, 5.41) is 13.3. The topological polar surface area (TPSA) is 122 Å². The molecule has 5 N–H and O–H groups in total. The van der Waals surface area contributed by atoms with Gasteiger partial charge in [-0.15, -0.1) is 0 Å². The Morgan fingerprint density at radius 2 is 2.05 bits per heavy atom. The van der Waals surface area contributed by atoms with Gasteiger partial charge in [0.25, 0.3) is 0 Å². The zero-order chi connectivity index (χ0) is 16.0. The third-order valence-electron chi connectivity index (χ3n) is 2.46. The van der Waals surface area contributed by atoms with Crippen LogP contribution in [-0.4, -0.2) is 29.1 Å². The van der Waals surface area contributed by atoms with Crippen LogP contribution in [0.3, 0.4) is 0 Å². The van der Waals surface area contributed by atoms with Crippen LogP contribution in [0.4, 0.5) is 14.9 Å². The minimum absolute atomic E-state index is 0.156. The molecule has 0 fully saturated rings. The zero-order valence-electron chi connectivity index (χ0n) is 10.7. The summed E-state index contributed by atoms with van der Waals surface area (Å²) in [4.78, 5) is 33.2. The predicted octanol–water partition coefficient (Wildman–Crippen LogP) is 1.32. The lowest BCUT2D eigenvalue weighted by Crippen LogP contribution is -2.43. The highest BCUT2D eigenvalue weighted by Gasteiger charge is 2.21. The van der Waals surface area contributed by atoms with Crippen molar-refractivity contribution in [3.05, 3.63) is 29.0 Å². The molecular weight excluding hydrogens is 305 g/mol. The minimum Gasteiger partial charge on any atom is -0.480 e. The fourth-order valence-corrected chi connectivity index (χ4v) is 1.61.